The molecular weight excluding hydrogens is 270 g/mol. The Hall–Kier alpha value is 0.240. The van der Waals surface area contributed by atoms with E-state index in [0.717, 1.165) is 9.45 Å². The molecule has 0 unspecified atom stereocenters. The monoisotopic (exact) mass is 280 g/mol. The Morgan fingerprint density at radius 1 is 1.27 bits per heavy atom. The Morgan fingerprint density at radius 3 is 2.45 bits per heavy atom. The lowest BCUT2D eigenvalue weighted by molar-refractivity contribution is 1.26. The zero-order valence-corrected chi connectivity index (χ0v) is 9.53. The van der Waals surface area contributed by atoms with E-state index in [-0.39, 0.29) is 0 Å². The SMILES string of the molecule is Cc1c(Cl)ccc(CI)c1C. The van der Waals surface area contributed by atoms with Gasteiger partial charge in [0.25, 0.3) is 0 Å². The molecule has 0 aliphatic carbocycles. The van der Waals surface area contributed by atoms with Crippen molar-refractivity contribution in [3.05, 3.63) is 33.8 Å². The van der Waals surface area contributed by atoms with Gasteiger partial charge < -0.3 is 0 Å². The first kappa shape index (κ1) is 9.33. The van der Waals surface area contributed by atoms with E-state index in [0.29, 0.717) is 0 Å². The summed E-state index contributed by atoms with van der Waals surface area (Å²) in [5, 5.41) is 0.871. The largest absolute Gasteiger partial charge is 0.0840 e. The highest BCUT2D eigenvalue weighted by Crippen LogP contribution is 2.23. The van der Waals surface area contributed by atoms with Crippen LogP contribution in [-0.2, 0) is 4.43 Å². The third-order valence-corrected chi connectivity index (χ3v) is 3.21. The lowest BCUT2D eigenvalue weighted by atomic mass is 10.1. The molecule has 0 saturated heterocycles. The summed E-state index contributed by atoms with van der Waals surface area (Å²) >= 11 is 8.30. The van der Waals surface area contributed by atoms with Crippen LogP contribution in [0.15, 0.2) is 12.1 Å². The molecule has 0 amide bonds. The fourth-order valence-electron chi connectivity index (χ4n) is 0.988. The van der Waals surface area contributed by atoms with Crippen molar-refractivity contribution < 1.29 is 0 Å². The maximum absolute atomic E-state index is 5.94. The van der Waals surface area contributed by atoms with E-state index < -0.39 is 0 Å². The third-order valence-electron chi connectivity index (χ3n) is 1.98. The van der Waals surface area contributed by atoms with E-state index in [9.17, 15) is 0 Å². The molecule has 0 aliphatic rings. The lowest BCUT2D eigenvalue weighted by Crippen LogP contribution is -1.88. The maximum atomic E-state index is 5.94. The predicted octanol–water partition coefficient (Wildman–Crippen LogP) is 3.89. The summed E-state index contributed by atoms with van der Waals surface area (Å²) in [6.07, 6.45) is 0. The van der Waals surface area contributed by atoms with Gasteiger partial charge in [-0.3, -0.25) is 0 Å². The molecule has 0 heterocycles. The molecule has 0 saturated carbocycles. The van der Waals surface area contributed by atoms with Gasteiger partial charge in [0.05, 0.1) is 0 Å². The molecule has 11 heavy (non-hydrogen) atoms. The van der Waals surface area contributed by atoms with Crippen LogP contribution < -0.4 is 0 Å². The molecule has 0 radical (unpaired) electrons. The number of alkyl halides is 1. The average molecular weight is 281 g/mol. The molecule has 0 atom stereocenters. The third kappa shape index (κ3) is 1.88. The molecule has 0 spiro atoms. The Kier molecular flexibility index (Phi) is 3.19. The molecule has 1 aromatic carbocycles. The van der Waals surface area contributed by atoms with Crippen LogP contribution in [0.25, 0.3) is 0 Å². The number of benzene rings is 1. The molecule has 0 aliphatic heterocycles. The van der Waals surface area contributed by atoms with Gasteiger partial charge in [0.1, 0.15) is 0 Å². The quantitative estimate of drug-likeness (QED) is 0.541. The highest BCUT2D eigenvalue weighted by molar-refractivity contribution is 14.1. The van der Waals surface area contributed by atoms with E-state index in [2.05, 4.69) is 42.5 Å². The number of hydrogen-bond donors (Lipinski definition) is 0. The Bertz CT molecular complexity index is 269. The highest BCUT2D eigenvalue weighted by atomic mass is 127. The van der Waals surface area contributed by atoms with Crippen molar-refractivity contribution in [2.45, 2.75) is 18.3 Å². The van der Waals surface area contributed by atoms with Gasteiger partial charge in [0.15, 0.2) is 0 Å². The predicted molar refractivity (Wildman–Crippen MR) is 58.7 cm³/mol. The fourth-order valence-corrected chi connectivity index (χ4v) is 2.02. The first-order valence-corrected chi connectivity index (χ1v) is 5.37. The summed E-state index contributed by atoms with van der Waals surface area (Å²) in [5.41, 5.74) is 3.92. The van der Waals surface area contributed by atoms with Gasteiger partial charge in [-0.1, -0.05) is 40.3 Å². The number of halogens is 2. The molecule has 0 bridgehead atoms. The summed E-state index contributed by atoms with van der Waals surface area (Å²) in [6.45, 7) is 4.18. The van der Waals surface area contributed by atoms with E-state index in [1.807, 2.05) is 6.07 Å². The molecule has 1 rings (SSSR count). The van der Waals surface area contributed by atoms with Gasteiger partial charge in [-0.15, -0.1) is 0 Å². The zero-order valence-electron chi connectivity index (χ0n) is 6.62. The zero-order chi connectivity index (χ0) is 8.43. The molecule has 60 valence electrons. The molecule has 1 aromatic rings. The van der Waals surface area contributed by atoms with Gasteiger partial charge >= 0.3 is 0 Å². The summed E-state index contributed by atoms with van der Waals surface area (Å²) < 4.78 is 1.06. The summed E-state index contributed by atoms with van der Waals surface area (Å²) in [5.74, 6) is 0. The first-order valence-electron chi connectivity index (χ1n) is 3.47. The van der Waals surface area contributed by atoms with Crippen LogP contribution in [0.3, 0.4) is 0 Å². The van der Waals surface area contributed by atoms with Gasteiger partial charge in [0.2, 0.25) is 0 Å². The van der Waals surface area contributed by atoms with Crippen molar-refractivity contribution in [1.82, 2.24) is 0 Å². The highest BCUT2D eigenvalue weighted by Gasteiger charge is 2.02. The molecule has 0 aromatic heterocycles. The van der Waals surface area contributed by atoms with Crippen molar-refractivity contribution >= 4 is 34.2 Å². The normalized spacial score (nSPS) is 10.2. The minimum Gasteiger partial charge on any atom is -0.0840 e. The minimum absolute atomic E-state index is 0.871. The van der Waals surface area contributed by atoms with Crippen LogP contribution in [0.1, 0.15) is 16.7 Å². The average Bonchev–Trinajstić information content (AvgIpc) is 2.01. The number of hydrogen-bond acceptors (Lipinski definition) is 0. The van der Waals surface area contributed by atoms with Crippen molar-refractivity contribution in [2.75, 3.05) is 0 Å². The topological polar surface area (TPSA) is 0 Å². The van der Waals surface area contributed by atoms with Gasteiger partial charge in [-0.2, -0.15) is 0 Å². The fraction of sp³-hybridized carbons (Fsp3) is 0.333. The van der Waals surface area contributed by atoms with Crippen LogP contribution in [0.4, 0.5) is 0 Å². The van der Waals surface area contributed by atoms with Gasteiger partial charge in [-0.05, 0) is 36.6 Å². The Balaban J connectivity index is 3.25. The second-order valence-corrected chi connectivity index (χ2v) is 3.76. The Morgan fingerprint density at radius 2 is 1.91 bits per heavy atom. The van der Waals surface area contributed by atoms with Crippen LogP contribution >= 0.6 is 34.2 Å². The van der Waals surface area contributed by atoms with Crippen molar-refractivity contribution in [2.24, 2.45) is 0 Å². The smallest absolute Gasteiger partial charge is 0.0438 e. The summed E-state index contributed by atoms with van der Waals surface area (Å²) in [7, 11) is 0. The standard InChI is InChI=1S/C9H10ClI/c1-6-7(2)9(10)4-3-8(6)5-11/h3-4H,5H2,1-2H3. The van der Waals surface area contributed by atoms with Crippen molar-refractivity contribution in [3.63, 3.8) is 0 Å². The molecular formula is C9H10ClI. The van der Waals surface area contributed by atoms with Crippen LogP contribution in [0.2, 0.25) is 5.02 Å². The first-order chi connectivity index (χ1) is 5.16. The van der Waals surface area contributed by atoms with Gasteiger partial charge in [0, 0.05) is 9.45 Å². The van der Waals surface area contributed by atoms with E-state index in [1.54, 1.807) is 0 Å². The molecule has 2 heteroatoms. The van der Waals surface area contributed by atoms with Crippen LogP contribution in [-0.4, -0.2) is 0 Å². The van der Waals surface area contributed by atoms with E-state index in [1.165, 1.54) is 16.7 Å². The van der Waals surface area contributed by atoms with E-state index >= 15 is 0 Å². The second kappa shape index (κ2) is 3.76. The Labute approximate surface area is 86.1 Å². The molecule has 0 fully saturated rings. The number of rotatable bonds is 1. The van der Waals surface area contributed by atoms with E-state index in [4.69, 9.17) is 11.6 Å². The van der Waals surface area contributed by atoms with Crippen LogP contribution in [0, 0.1) is 13.8 Å². The van der Waals surface area contributed by atoms with Crippen molar-refractivity contribution in [1.29, 1.82) is 0 Å². The van der Waals surface area contributed by atoms with Crippen molar-refractivity contribution in [3.8, 4) is 0 Å². The maximum Gasteiger partial charge on any atom is 0.0438 e. The van der Waals surface area contributed by atoms with Gasteiger partial charge in [-0.25, -0.2) is 0 Å². The lowest BCUT2D eigenvalue weighted by Gasteiger charge is -2.06. The summed E-state index contributed by atoms with van der Waals surface area (Å²) in [4.78, 5) is 0. The second-order valence-electron chi connectivity index (χ2n) is 2.59. The van der Waals surface area contributed by atoms with Crippen LogP contribution in [0.5, 0.6) is 0 Å². The molecule has 0 N–H and O–H groups in total. The summed E-state index contributed by atoms with van der Waals surface area (Å²) in [6, 6.07) is 4.06. The molecule has 0 nitrogen and oxygen atoms in total. The minimum atomic E-state index is 0.871.